The van der Waals surface area contributed by atoms with Gasteiger partial charge in [-0.05, 0) is 30.7 Å². The Labute approximate surface area is 232 Å². The fourth-order valence-electron chi connectivity index (χ4n) is 4.82. The van der Waals surface area contributed by atoms with Crippen LogP contribution in [0.4, 0.5) is 24.0 Å². The smallest absolute Gasteiger partial charge is 0.252 e. The van der Waals surface area contributed by atoms with Crippen LogP contribution in [0, 0.1) is 5.82 Å². The van der Waals surface area contributed by atoms with Crippen molar-refractivity contribution in [3.63, 3.8) is 0 Å². The molecule has 2 aromatic carbocycles. The predicted octanol–water partition coefficient (Wildman–Crippen LogP) is 5.76. The van der Waals surface area contributed by atoms with Crippen molar-refractivity contribution in [1.82, 2.24) is 10.3 Å². The van der Waals surface area contributed by atoms with Crippen LogP contribution in [0.25, 0.3) is 0 Å². The number of nitrogens with one attached hydrogen (secondary N) is 1. The van der Waals surface area contributed by atoms with Crippen molar-refractivity contribution >= 4 is 51.5 Å². The summed E-state index contributed by atoms with van der Waals surface area (Å²) in [7, 11) is 0. The van der Waals surface area contributed by atoms with E-state index in [4.69, 9.17) is 11.6 Å². The third-order valence-corrected chi connectivity index (χ3v) is 7.70. The number of nitrogens with zero attached hydrogens (tertiary/aromatic N) is 3. The molecule has 1 N–H and O–H groups in total. The van der Waals surface area contributed by atoms with Crippen LogP contribution in [-0.4, -0.2) is 40.7 Å². The minimum absolute atomic E-state index is 0. The van der Waals surface area contributed by atoms with Crippen molar-refractivity contribution in [3.05, 3.63) is 76.5 Å². The van der Waals surface area contributed by atoms with Crippen LogP contribution in [0.3, 0.4) is 0 Å². The molecule has 0 unspecified atom stereocenters. The number of hydrogen-bond acceptors (Lipinski definition) is 5. The molecule has 0 radical (unpaired) electrons. The van der Waals surface area contributed by atoms with Gasteiger partial charge < -0.3 is 5.32 Å². The Kier molecular flexibility index (Phi) is 8.31. The van der Waals surface area contributed by atoms with Gasteiger partial charge in [0.15, 0.2) is 5.13 Å². The van der Waals surface area contributed by atoms with Gasteiger partial charge in [0.25, 0.3) is 11.8 Å². The molecular weight excluding hydrogens is 553 g/mol. The summed E-state index contributed by atoms with van der Waals surface area (Å²) in [5.74, 6) is -5.25. The Balaban J connectivity index is 0.00000353. The molecule has 1 aliphatic heterocycles. The van der Waals surface area contributed by atoms with Crippen LogP contribution in [0.5, 0.6) is 0 Å². The van der Waals surface area contributed by atoms with Gasteiger partial charge in [-0.2, -0.15) is 0 Å². The van der Waals surface area contributed by atoms with E-state index in [0.29, 0.717) is 5.13 Å². The Bertz CT molecular complexity index is 1370. The maximum absolute atomic E-state index is 14.4. The first kappa shape index (κ1) is 28.6. The first-order valence-corrected chi connectivity index (χ1v) is 13.1. The van der Waals surface area contributed by atoms with Gasteiger partial charge in [-0.25, -0.2) is 18.2 Å². The van der Waals surface area contributed by atoms with E-state index in [1.165, 1.54) is 46.7 Å². The molecule has 1 saturated carbocycles. The van der Waals surface area contributed by atoms with Crippen molar-refractivity contribution in [2.45, 2.75) is 57.2 Å². The highest BCUT2D eigenvalue weighted by Gasteiger charge is 2.48. The molecule has 2 heterocycles. The highest BCUT2D eigenvalue weighted by Crippen LogP contribution is 2.40. The maximum Gasteiger partial charge on any atom is 0.252 e. The molecule has 1 aromatic heterocycles. The molecule has 1 aliphatic carbocycles. The number of carbonyl (C=O) groups is 3. The Morgan fingerprint density at radius 1 is 1.18 bits per heavy atom. The van der Waals surface area contributed by atoms with E-state index in [1.54, 1.807) is 23.6 Å². The fraction of sp³-hybridized carbons (Fsp3) is 0.333. The topological polar surface area (TPSA) is 82.6 Å². The molecule has 5 rings (SSSR count). The van der Waals surface area contributed by atoms with Gasteiger partial charge in [-0.1, -0.05) is 43.3 Å². The van der Waals surface area contributed by atoms with Gasteiger partial charge in [0.2, 0.25) is 11.8 Å². The highest BCUT2D eigenvalue weighted by molar-refractivity contribution is 7.13. The molecule has 206 valence electrons. The standard InChI is InChI=1S/C26H22ClF3N4O3S.CH4/c27-19-7-2-1-6-18(19)22(23(36)32-16-13-26(29,30)14-16)33(17-5-3-4-15(28)12-17)24(37)20-8-9-21(35)34(20)25-31-10-11-38-25;/h1-7,10-12,16,20,22H,8-9,13-14H2,(H,32,36);1H4/t20-,22+;/m0./s1. The van der Waals surface area contributed by atoms with Gasteiger partial charge in [0.1, 0.15) is 17.9 Å². The number of thiazole rings is 1. The van der Waals surface area contributed by atoms with Crippen LogP contribution in [0.2, 0.25) is 5.02 Å². The van der Waals surface area contributed by atoms with Crippen molar-refractivity contribution in [3.8, 4) is 0 Å². The van der Waals surface area contributed by atoms with E-state index in [0.717, 1.165) is 11.0 Å². The van der Waals surface area contributed by atoms with Crippen LogP contribution in [0.15, 0.2) is 60.1 Å². The quantitative estimate of drug-likeness (QED) is 0.387. The molecule has 0 bridgehead atoms. The summed E-state index contributed by atoms with van der Waals surface area (Å²) in [5.41, 5.74) is 0.271. The summed E-state index contributed by atoms with van der Waals surface area (Å²) in [6, 6.07) is 8.21. The van der Waals surface area contributed by atoms with E-state index in [-0.39, 0.29) is 42.4 Å². The summed E-state index contributed by atoms with van der Waals surface area (Å²) < 4.78 is 41.5. The largest absolute Gasteiger partial charge is 0.351 e. The number of hydrogen-bond donors (Lipinski definition) is 1. The number of aromatic nitrogens is 1. The molecule has 1 saturated heterocycles. The SMILES string of the molecule is C.O=C(NC1CC(F)(F)C1)[C@@H](c1ccccc1Cl)N(C(=O)[C@@H]1CCC(=O)N1c1nccs1)c1cccc(F)c1. The molecule has 3 amide bonds. The van der Waals surface area contributed by atoms with E-state index >= 15 is 0 Å². The lowest BCUT2D eigenvalue weighted by Crippen LogP contribution is -2.56. The summed E-state index contributed by atoms with van der Waals surface area (Å²) >= 11 is 7.65. The zero-order valence-electron chi connectivity index (χ0n) is 19.8. The van der Waals surface area contributed by atoms with Crippen LogP contribution < -0.4 is 15.1 Å². The predicted molar refractivity (Wildman–Crippen MR) is 144 cm³/mol. The van der Waals surface area contributed by atoms with Gasteiger partial charge in [0, 0.05) is 53.2 Å². The lowest BCUT2D eigenvalue weighted by Gasteiger charge is -2.39. The lowest BCUT2D eigenvalue weighted by molar-refractivity contribution is -0.133. The average Bonchev–Trinajstić information content (AvgIpc) is 3.51. The van der Waals surface area contributed by atoms with Crippen LogP contribution in [-0.2, 0) is 14.4 Å². The number of anilines is 2. The van der Waals surface area contributed by atoms with E-state index < -0.39 is 54.5 Å². The second kappa shape index (κ2) is 11.4. The zero-order chi connectivity index (χ0) is 27.0. The second-order valence-corrected chi connectivity index (χ2v) is 10.5. The number of rotatable bonds is 7. The molecule has 2 aliphatic rings. The Morgan fingerprint density at radius 3 is 2.56 bits per heavy atom. The normalized spacial score (nSPS) is 19.1. The van der Waals surface area contributed by atoms with Gasteiger partial charge in [-0.3, -0.25) is 24.2 Å². The number of alkyl halides is 2. The Morgan fingerprint density at radius 2 is 1.92 bits per heavy atom. The average molecular weight is 579 g/mol. The molecule has 0 spiro atoms. The summed E-state index contributed by atoms with van der Waals surface area (Å²) in [6.45, 7) is 0. The number of amides is 3. The minimum atomic E-state index is -2.88. The molecule has 2 atom stereocenters. The molecule has 39 heavy (non-hydrogen) atoms. The Hall–Kier alpha value is -3.44. The van der Waals surface area contributed by atoms with Gasteiger partial charge >= 0.3 is 0 Å². The van der Waals surface area contributed by atoms with E-state index in [9.17, 15) is 27.6 Å². The number of carbonyl (C=O) groups excluding carboxylic acids is 3. The fourth-order valence-corrected chi connectivity index (χ4v) is 5.77. The summed E-state index contributed by atoms with van der Waals surface area (Å²) in [5, 5.41) is 4.74. The zero-order valence-corrected chi connectivity index (χ0v) is 21.4. The maximum atomic E-state index is 14.4. The molecular formula is C27H26ClF3N4O3S. The van der Waals surface area contributed by atoms with Crippen LogP contribution >= 0.6 is 22.9 Å². The molecule has 2 fully saturated rings. The first-order valence-electron chi connectivity index (χ1n) is 11.9. The van der Waals surface area contributed by atoms with Gasteiger partial charge in [0.05, 0.1) is 0 Å². The van der Waals surface area contributed by atoms with Crippen molar-refractivity contribution in [1.29, 1.82) is 0 Å². The van der Waals surface area contributed by atoms with E-state index in [2.05, 4.69) is 10.3 Å². The third-order valence-electron chi connectivity index (χ3n) is 6.59. The van der Waals surface area contributed by atoms with Crippen molar-refractivity contribution in [2.24, 2.45) is 0 Å². The monoisotopic (exact) mass is 578 g/mol. The van der Waals surface area contributed by atoms with Gasteiger partial charge in [-0.15, -0.1) is 11.3 Å². The molecule has 12 heteroatoms. The summed E-state index contributed by atoms with van der Waals surface area (Å²) in [4.78, 5) is 47.3. The number of benzene rings is 2. The minimum Gasteiger partial charge on any atom is -0.351 e. The second-order valence-electron chi connectivity index (χ2n) is 9.21. The lowest BCUT2D eigenvalue weighted by atomic mass is 9.87. The summed E-state index contributed by atoms with van der Waals surface area (Å²) in [6.07, 6.45) is 0.668. The number of halogens is 4. The van der Waals surface area contributed by atoms with Crippen molar-refractivity contribution in [2.75, 3.05) is 9.80 Å². The molecule has 7 nitrogen and oxygen atoms in total. The van der Waals surface area contributed by atoms with E-state index in [1.807, 2.05) is 0 Å². The van der Waals surface area contributed by atoms with Crippen molar-refractivity contribution < 1.29 is 27.6 Å². The highest BCUT2D eigenvalue weighted by atomic mass is 35.5. The van der Waals surface area contributed by atoms with Crippen LogP contribution in [0.1, 0.15) is 44.7 Å². The molecule has 3 aromatic rings. The first-order chi connectivity index (χ1) is 18.1. The third kappa shape index (κ3) is 5.79.